The van der Waals surface area contributed by atoms with Crippen molar-refractivity contribution in [2.75, 3.05) is 12.4 Å². The van der Waals surface area contributed by atoms with Gasteiger partial charge in [0.25, 0.3) is 0 Å². The summed E-state index contributed by atoms with van der Waals surface area (Å²) >= 11 is 5.62. The van der Waals surface area contributed by atoms with E-state index in [1.54, 1.807) is 6.92 Å². The first-order valence-electron chi connectivity index (χ1n) is 9.33. The number of carbonyl (C=O) groups is 4. The Balaban J connectivity index is 2.69. The van der Waals surface area contributed by atoms with Gasteiger partial charge in [-0.05, 0) is 39.0 Å². The van der Waals surface area contributed by atoms with Gasteiger partial charge in [0, 0.05) is 6.54 Å². The van der Waals surface area contributed by atoms with E-state index in [4.69, 9.17) is 17.3 Å². The van der Waals surface area contributed by atoms with Crippen LogP contribution in [0.15, 0.2) is 0 Å². The van der Waals surface area contributed by atoms with Crippen molar-refractivity contribution in [2.45, 2.75) is 71.1 Å². The molecule has 1 aliphatic heterocycles. The maximum Gasteiger partial charge on any atom is 0.243 e. The lowest BCUT2D eigenvalue weighted by Crippen LogP contribution is -2.55. The van der Waals surface area contributed by atoms with Crippen molar-refractivity contribution in [3.05, 3.63) is 0 Å². The smallest absolute Gasteiger partial charge is 0.243 e. The zero-order valence-electron chi connectivity index (χ0n) is 16.5. The molecule has 0 aromatic heterocycles. The minimum absolute atomic E-state index is 0.186. The molecule has 27 heavy (non-hydrogen) atoms. The lowest BCUT2D eigenvalue weighted by atomic mass is 10.0. The number of hydrogen-bond acceptors (Lipinski definition) is 5. The van der Waals surface area contributed by atoms with Gasteiger partial charge in [0.2, 0.25) is 17.7 Å². The number of halogens is 1. The molecule has 154 valence electrons. The Morgan fingerprint density at radius 3 is 2.30 bits per heavy atom. The Kier molecular flexibility index (Phi) is 9.18. The van der Waals surface area contributed by atoms with Gasteiger partial charge in [-0.25, -0.2) is 0 Å². The Bertz CT molecular complexity index is 568. The van der Waals surface area contributed by atoms with E-state index in [-0.39, 0.29) is 23.5 Å². The second-order valence-electron chi connectivity index (χ2n) is 7.50. The van der Waals surface area contributed by atoms with E-state index >= 15 is 0 Å². The molecule has 0 aliphatic carbocycles. The fourth-order valence-corrected chi connectivity index (χ4v) is 3.26. The molecule has 0 aromatic rings. The van der Waals surface area contributed by atoms with Crippen molar-refractivity contribution >= 4 is 35.1 Å². The third-order valence-electron chi connectivity index (χ3n) is 4.52. The van der Waals surface area contributed by atoms with Gasteiger partial charge in [0.1, 0.15) is 12.1 Å². The van der Waals surface area contributed by atoms with Gasteiger partial charge in [0.05, 0.1) is 18.0 Å². The average molecular weight is 403 g/mol. The number of rotatable bonds is 9. The van der Waals surface area contributed by atoms with E-state index in [9.17, 15) is 19.2 Å². The van der Waals surface area contributed by atoms with Crippen LogP contribution in [0, 0.1) is 5.92 Å². The molecule has 0 radical (unpaired) electrons. The minimum Gasteiger partial charge on any atom is -0.344 e. The second kappa shape index (κ2) is 10.6. The van der Waals surface area contributed by atoms with Crippen LogP contribution in [-0.4, -0.2) is 65.0 Å². The molecule has 1 heterocycles. The lowest BCUT2D eigenvalue weighted by molar-refractivity contribution is -0.140. The van der Waals surface area contributed by atoms with Crippen LogP contribution in [0.4, 0.5) is 0 Å². The third kappa shape index (κ3) is 6.77. The standard InChI is InChI=1S/C18H31ClN4O4/c1-10(2)8-13(15(24)9-19)22-16(25)12(4)21-17(26)14-6-5-7-23(14)18(27)11(3)20/h10-14H,5-9,20H2,1-4H3,(H,21,26)(H,22,25)/t11-,12+,13?,14?/m1/s1. The van der Waals surface area contributed by atoms with Crippen molar-refractivity contribution < 1.29 is 19.2 Å². The molecule has 4 N–H and O–H groups in total. The summed E-state index contributed by atoms with van der Waals surface area (Å²) < 4.78 is 0. The first-order chi connectivity index (χ1) is 12.6. The zero-order valence-corrected chi connectivity index (χ0v) is 17.2. The summed E-state index contributed by atoms with van der Waals surface area (Å²) in [6, 6.07) is -2.84. The molecule has 9 heteroatoms. The van der Waals surface area contributed by atoms with Crippen LogP contribution in [0.3, 0.4) is 0 Å². The van der Waals surface area contributed by atoms with E-state index in [1.165, 1.54) is 11.8 Å². The Morgan fingerprint density at radius 2 is 1.78 bits per heavy atom. The summed E-state index contributed by atoms with van der Waals surface area (Å²) in [5.41, 5.74) is 5.63. The highest BCUT2D eigenvalue weighted by Gasteiger charge is 2.36. The van der Waals surface area contributed by atoms with Gasteiger partial charge in [-0.3, -0.25) is 19.2 Å². The summed E-state index contributed by atoms with van der Waals surface area (Å²) in [6.45, 7) is 7.47. The maximum atomic E-state index is 12.5. The van der Waals surface area contributed by atoms with Gasteiger partial charge >= 0.3 is 0 Å². The van der Waals surface area contributed by atoms with E-state index in [0.29, 0.717) is 25.8 Å². The second-order valence-corrected chi connectivity index (χ2v) is 7.77. The topological polar surface area (TPSA) is 122 Å². The number of nitrogens with two attached hydrogens (primary N) is 1. The third-order valence-corrected chi connectivity index (χ3v) is 4.79. The normalized spacial score (nSPS) is 20.1. The van der Waals surface area contributed by atoms with Gasteiger partial charge in [-0.15, -0.1) is 11.6 Å². The van der Waals surface area contributed by atoms with Crippen LogP contribution in [0.5, 0.6) is 0 Å². The fourth-order valence-electron chi connectivity index (χ4n) is 3.07. The van der Waals surface area contributed by atoms with Gasteiger partial charge in [-0.1, -0.05) is 13.8 Å². The molecular formula is C18H31ClN4O4. The minimum atomic E-state index is -0.844. The van der Waals surface area contributed by atoms with Crippen molar-refractivity contribution in [1.29, 1.82) is 0 Å². The summed E-state index contributed by atoms with van der Waals surface area (Å²) in [5, 5.41) is 5.29. The van der Waals surface area contributed by atoms with E-state index in [0.717, 1.165) is 0 Å². The molecule has 3 amide bonds. The number of alkyl halides is 1. The molecular weight excluding hydrogens is 372 g/mol. The molecule has 8 nitrogen and oxygen atoms in total. The van der Waals surface area contributed by atoms with Crippen molar-refractivity contribution in [1.82, 2.24) is 15.5 Å². The number of ketones is 1. The summed E-state index contributed by atoms with van der Waals surface area (Å²) in [5.74, 6) is -1.39. The highest BCUT2D eigenvalue weighted by Crippen LogP contribution is 2.18. The SMILES string of the molecule is CC(C)CC(NC(=O)[C@H](C)NC(=O)C1CCCN1C(=O)[C@@H](C)N)C(=O)CCl. The van der Waals surface area contributed by atoms with Crippen molar-refractivity contribution in [2.24, 2.45) is 11.7 Å². The molecule has 0 bridgehead atoms. The first-order valence-corrected chi connectivity index (χ1v) is 9.87. The number of nitrogens with one attached hydrogen (secondary N) is 2. The largest absolute Gasteiger partial charge is 0.344 e. The molecule has 0 aromatic carbocycles. The van der Waals surface area contributed by atoms with Crippen molar-refractivity contribution in [3.8, 4) is 0 Å². The molecule has 1 aliphatic rings. The number of amides is 3. The maximum absolute atomic E-state index is 12.5. The van der Waals surface area contributed by atoms with Gasteiger partial charge in [0.15, 0.2) is 5.78 Å². The van der Waals surface area contributed by atoms with Crippen LogP contribution in [0.2, 0.25) is 0 Å². The van der Waals surface area contributed by atoms with E-state index < -0.39 is 36.0 Å². The monoisotopic (exact) mass is 402 g/mol. The molecule has 1 rings (SSSR count). The van der Waals surface area contributed by atoms with E-state index in [1.807, 2.05) is 13.8 Å². The van der Waals surface area contributed by atoms with Crippen LogP contribution >= 0.6 is 11.6 Å². The molecule has 2 unspecified atom stereocenters. The zero-order chi connectivity index (χ0) is 20.7. The van der Waals surface area contributed by atoms with Crippen LogP contribution in [0.25, 0.3) is 0 Å². The molecule has 1 fully saturated rings. The molecule has 1 saturated heterocycles. The van der Waals surface area contributed by atoms with Crippen LogP contribution in [0.1, 0.15) is 47.0 Å². The molecule has 4 atom stereocenters. The summed E-state index contributed by atoms with van der Waals surface area (Å²) in [7, 11) is 0. The predicted octanol–water partition coefficient (Wildman–Crippen LogP) is 0.168. The Hall–Kier alpha value is -1.67. The number of carbonyl (C=O) groups excluding carboxylic acids is 4. The van der Waals surface area contributed by atoms with Gasteiger partial charge < -0.3 is 21.3 Å². The summed E-state index contributed by atoms with van der Waals surface area (Å²) in [6.07, 6.45) is 1.70. The average Bonchev–Trinajstić information content (AvgIpc) is 3.08. The molecule has 0 spiro atoms. The predicted molar refractivity (Wildman–Crippen MR) is 103 cm³/mol. The van der Waals surface area contributed by atoms with Crippen molar-refractivity contribution in [3.63, 3.8) is 0 Å². The van der Waals surface area contributed by atoms with E-state index in [2.05, 4.69) is 10.6 Å². The first kappa shape index (κ1) is 23.4. The van der Waals surface area contributed by atoms with Gasteiger partial charge in [-0.2, -0.15) is 0 Å². The Labute approximate surface area is 165 Å². The van der Waals surface area contributed by atoms with Crippen LogP contribution in [-0.2, 0) is 19.2 Å². The lowest BCUT2D eigenvalue weighted by Gasteiger charge is -2.27. The highest BCUT2D eigenvalue weighted by molar-refractivity contribution is 6.28. The number of hydrogen-bond donors (Lipinski definition) is 3. The number of nitrogens with zero attached hydrogens (tertiary/aromatic N) is 1. The molecule has 0 saturated carbocycles. The number of likely N-dealkylation sites (tertiary alicyclic amines) is 1. The highest BCUT2D eigenvalue weighted by atomic mass is 35.5. The van der Waals surface area contributed by atoms with Crippen LogP contribution < -0.4 is 16.4 Å². The fraction of sp³-hybridized carbons (Fsp3) is 0.778. The Morgan fingerprint density at radius 1 is 1.15 bits per heavy atom. The summed E-state index contributed by atoms with van der Waals surface area (Å²) in [4.78, 5) is 50.5. The quantitative estimate of drug-likeness (QED) is 0.474. The number of Topliss-reactive ketones (excluding diaryl/α,β-unsaturated/α-hetero) is 1.